The SMILES string of the molecule is CN(C)c1ccc(-c2oc(-c3ccccc3-c3ccccc3)nc2C(=O)Nc2ccccc2-c2ccccc2)cc1. The van der Waals surface area contributed by atoms with Gasteiger partial charge >= 0.3 is 0 Å². The van der Waals surface area contributed by atoms with Crippen LogP contribution in [-0.2, 0) is 0 Å². The van der Waals surface area contributed by atoms with E-state index in [1.807, 2.05) is 140 Å². The maximum atomic E-state index is 13.9. The number of hydrogen-bond acceptors (Lipinski definition) is 4. The van der Waals surface area contributed by atoms with Crippen molar-refractivity contribution >= 4 is 17.3 Å². The van der Waals surface area contributed by atoms with Crippen LogP contribution in [0, 0.1) is 0 Å². The van der Waals surface area contributed by atoms with Crippen molar-refractivity contribution in [3.63, 3.8) is 0 Å². The number of nitrogens with zero attached hydrogens (tertiary/aromatic N) is 2. The fraction of sp³-hybridized carbons (Fsp3) is 0.0556. The standard InChI is InChI=1S/C36H29N3O2/c1-39(2)28-23-21-27(22-24-28)34-33(35(40)37-32-20-12-11-18-30(32)26-15-7-4-8-16-26)38-36(41-34)31-19-10-9-17-29(31)25-13-5-3-6-14-25/h3-24H,1-2H3,(H,37,40). The van der Waals surface area contributed by atoms with Crippen LogP contribution in [0.2, 0.25) is 0 Å². The molecule has 6 aromatic rings. The molecule has 0 radical (unpaired) electrons. The molecule has 1 N–H and O–H groups in total. The van der Waals surface area contributed by atoms with Gasteiger partial charge in [-0.25, -0.2) is 4.98 Å². The normalized spacial score (nSPS) is 10.8. The summed E-state index contributed by atoms with van der Waals surface area (Å²) in [5, 5.41) is 3.11. The Morgan fingerprint density at radius 1 is 0.610 bits per heavy atom. The fourth-order valence-electron chi connectivity index (χ4n) is 4.88. The largest absolute Gasteiger partial charge is 0.435 e. The van der Waals surface area contributed by atoms with Gasteiger partial charge < -0.3 is 14.6 Å². The van der Waals surface area contributed by atoms with E-state index in [-0.39, 0.29) is 11.6 Å². The van der Waals surface area contributed by atoms with E-state index < -0.39 is 0 Å². The van der Waals surface area contributed by atoms with Crippen LogP contribution in [0.15, 0.2) is 138 Å². The fourth-order valence-corrected chi connectivity index (χ4v) is 4.88. The first kappa shape index (κ1) is 25.8. The second-order valence-electron chi connectivity index (χ2n) is 9.92. The van der Waals surface area contributed by atoms with Crippen LogP contribution in [-0.4, -0.2) is 25.0 Å². The summed E-state index contributed by atoms with van der Waals surface area (Å²) in [6, 6.07) is 43.7. The first-order chi connectivity index (χ1) is 20.1. The van der Waals surface area contributed by atoms with Crippen molar-refractivity contribution in [2.45, 2.75) is 0 Å². The van der Waals surface area contributed by atoms with Gasteiger partial charge in [-0.15, -0.1) is 0 Å². The molecule has 0 saturated carbocycles. The highest BCUT2D eigenvalue weighted by Crippen LogP contribution is 2.37. The highest BCUT2D eigenvalue weighted by molar-refractivity contribution is 6.08. The molecule has 0 bridgehead atoms. The zero-order chi connectivity index (χ0) is 28.2. The van der Waals surface area contributed by atoms with E-state index in [1.54, 1.807) is 0 Å². The predicted octanol–water partition coefficient (Wildman–Crippen LogP) is 8.66. The van der Waals surface area contributed by atoms with E-state index >= 15 is 0 Å². The predicted molar refractivity (Wildman–Crippen MR) is 167 cm³/mol. The van der Waals surface area contributed by atoms with Crippen molar-refractivity contribution in [1.29, 1.82) is 0 Å². The molecule has 0 atom stereocenters. The van der Waals surface area contributed by atoms with Gasteiger partial charge in [0.1, 0.15) is 0 Å². The average Bonchev–Trinajstić information content (AvgIpc) is 3.48. The summed E-state index contributed by atoms with van der Waals surface area (Å²) in [4.78, 5) is 20.8. The van der Waals surface area contributed by atoms with Gasteiger partial charge in [0.15, 0.2) is 11.5 Å². The third kappa shape index (κ3) is 5.38. The van der Waals surface area contributed by atoms with Crippen molar-refractivity contribution in [2.75, 3.05) is 24.3 Å². The number of amides is 1. The molecule has 1 heterocycles. The van der Waals surface area contributed by atoms with E-state index in [9.17, 15) is 4.79 Å². The molecule has 5 aromatic carbocycles. The summed E-state index contributed by atoms with van der Waals surface area (Å²) in [7, 11) is 3.98. The molecule has 5 heteroatoms. The molecular weight excluding hydrogens is 506 g/mol. The molecule has 5 nitrogen and oxygen atoms in total. The molecule has 6 rings (SSSR count). The highest BCUT2D eigenvalue weighted by atomic mass is 16.4. The van der Waals surface area contributed by atoms with Crippen molar-refractivity contribution < 1.29 is 9.21 Å². The van der Waals surface area contributed by atoms with E-state index in [2.05, 4.69) is 17.4 Å². The van der Waals surface area contributed by atoms with Crippen LogP contribution in [0.3, 0.4) is 0 Å². The number of benzene rings is 5. The minimum Gasteiger partial charge on any atom is -0.435 e. The van der Waals surface area contributed by atoms with E-state index in [4.69, 9.17) is 9.40 Å². The van der Waals surface area contributed by atoms with Gasteiger partial charge in [0.05, 0.1) is 0 Å². The molecule has 1 aromatic heterocycles. The molecule has 0 saturated heterocycles. The van der Waals surface area contributed by atoms with Crippen LogP contribution in [0.4, 0.5) is 11.4 Å². The Bertz CT molecular complexity index is 1790. The van der Waals surface area contributed by atoms with Gasteiger partial charge in [-0.1, -0.05) is 97.1 Å². The Hall–Kier alpha value is -5.42. The van der Waals surface area contributed by atoms with Crippen LogP contribution >= 0.6 is 0 Å². The molecular formula is C36H29N3O2. The number of nitrogens with one attached hydrogen (secondary N) is 1. The molecule has 1 amide bonds. The van der Waals surface area contributed by atoms with Gasteiger partial charge in [0, 0.05) is 42.2 Å². The van der Waals surface area contributed by atoms with Crippen molar-refractivity contribution in [3.8, 4) is 45.0 Å². The Labute approximate surface area is 239 Å². The van der Waals surface area contributed by atoms with Crippen LogP contribution in [0.1, 0.15) is 10.5 Å². The summed E-state index contributed by atoms with van der Waals surface area (Å²) >= 11 is 0. The number of rotatable bonds is 7. The van der Waals surface area contributed by atoms with E-state index in [1.165, 1.54) is 0 Å². The minimum atomic E-state index is -0.341. The molecule has 0 unspecified atom stereocenters. The second-order valence-corrected chi connectivity index (χ2v) is 9.92. The summed E-state index contributed by atoms with van der Waals surface area (Å²) in [6.45, 7) is 0. The summed E-state index contributed by atoms with van der Waals surface area (Å²) in [5.74, 6) is 0.466. The maximum absolute atomic E-state index is 13.9. The lowest BCUT2D eigenvalue weighted by atomic mass is 10.00. The van der Waals surface area contributed by atoms with E-state index in [0.717, 1.165) is 39.1 Å². The summed E-state index contributed by atoms with van der Waals surface area (Å²) < 4.78 is 6.44. The monoisotopic (exact) mass is 535 g/mol. The first-order valence-electron chi connectivity index (χ1n) is 13.5. The van der Waals surface area contributed by atoms with Gasteiger partial charge in [-0.05, 0) is 53.1 Å². The van der Waals surface area contributed by atoms with Crippen molar-refractivity contribution in [3.05, 3.63) is 139 Å². The Kier molecular flexibility index (Phi) is 7.16. The lowest BCUT2D eigenvalue weighted by molar-refractivity contribution is 0.102. The zero-order valence-corrected chi connectivity index (χ0v) is 22.9. The lowest BCUT2D eigenvalue weighted by Gasteiger charge is -2.13. The molecule has 0 fully saturated rings. The first-order valence-corrected chi connectivity index (χ1v) is 13.5. The molecule has 200 valence electrons. The van der Waals surface area contributed by atoms with Crippen molar-refractivity contribution in [2.24, 2.45) is 0 Å². The third-order valence-electron chi connectivity index (χ3n) is 6.99. The Morgan fingerprint density at radius 3 is 1.78 bits per heavy atom. The summed E-state index contributed by atoms with van der Waals surface area (Å²) in [5.41, 5.74) is 7.52. The quantitative estimate of drug-likeness (QED) is 0.222. The van der Waals surface area contributed by atoms with Gasteiger partial charge in [-0.3, -0.25) is 4.79 Å². The highest BCUT2D eigenvalue weighted by Gasteiger charge is 2.24. The topological polar surface area (TPSA) is 58.4 Å². The lowest BCUT2D eigenvalue weighted by Crippen LogP contribution is -2.14. The smallest absolute Gasteiger partial charge is 0.278 e. The zero-order valence-electron chi connectivity index (χ0n) is 22.9. The molecule has 0 aliphatic carbocycles. The molecule has 0 aliphatic heterocycles. The average molecular weight is 536 g/mol. The van der Waals surface area contributed by atoms with Gasteiger partial charge in [0.2, 0.25) is 5.89 Å². The second kappa shape index (κ2) is 11.4. The number of carbonyl (C=O) groups excluding carboxylic acids is 1. The number of aromatic nitrogens is 1. The number of oxazole rings is 1. The number of hydrogen-bond donors (Lipinski definition) is 1. The Balaban J connectivity index is 1.45. The Morgan fingerprint density at radius 2 is 1.15 bits per heavy atom. The summed E-state index contributed by atoms with van der Waals surface area (Å²) in [6.07, 6.45) is 0. The van der Waals surface area contributed by atoms with Crippen molar-refractivity contribution in [1.82, 2.24) is 4.98 Å². The number of anilines is 2. The minimum absolute atomic E-state index is 0.225. The van der Waals surface area contributed by atoms with Gasteiger partial charge in [-0.2, -0.15) is 0 Å². The maximum Gasteiger partial charge on any atom is 0.278 e. The molecule has 41 heavy (non-hydrogen) atoms. The van der Waals surface area contributed by atoms with Crippen LogP contribution < -0.4 is 10.2 Å². The molecule has 0 aliphatic rings. The molecule has 0 spiro atoms. The number of carbonyl (C=O) groups is 1. The van der Waals surface area contributed by atoms with Gasteiger partial charge in [0.25, 0.3) is 5.91 Å². The third-order valence-corrected chi connectivity index (χ3v) is 6.99. The number of para-hydroxylation sites is 1. The van der Waals surface area contributed by atoms with E-state index in [0.29, 0.717) is 17.3 Å². The van der Waals surface area contributed by atoms with Crippen LogP contribution in [0.25, 0.3) is 45.0 Å². The van der Waals surface area contributed by atoms with Crippen LogP contribution in [0.5, 0.6) is 0 Å².